The minimum absolute atomic E-state index is 0.246. The quantitative estimate of drug-likeness (QED) is 0.799. The fourth-order valence-corrected chi connectivity index (χ4v) is 4.57. The average molecular weight is 321 g/mol. The van der Waals surface area contributed by atoms with Gasteiger partial charge in [0.2, 0.25) is 5.91 Å². The first-order valence-electron chi connectivity index (χ1n) is 8.39. The molecule has 4 rings (SSSR count). The highest BCUT2D eigenvalue weighted by Gasteiger charge is 2.36. The van der Waals surface area contributed by atoms with Crippen LogP contribution in [0, 0.1) is 0 Å². The largest absolute Gasteiger partial charge is 0.374 e. The van der Waals surface area contributed by atoms with Gasteiger partial charge < -0.3 is 14.2 Å². The van der Waals surface area contributed by atoms with Crippen molar-refractivity contribution >= 4 is 17.7 Å². The third-order valence-electron chi connectivity index (χ3n) is 4.95. The molecule has 3 fully saturated rings. The van der Waals surface area contributed by atoms with Crippen molar-refractivity contribution in [3.8, 4) is 0 Å². The lowest BCUT2D eigenvalue weighted by molar-refractivity contribution is -0.146. The van der Waals surface area contributed by atoms with Crippen LogP contribution in [0.5, 0.6) is 0 Å². The highest BCUT2D eigenvalue weighted by molar-refractivity contribution is 7.99. The molecule has 120 valence electrons. The number of imidazole rings is 1. The minimum Gasteiger partial charge on any atom is -0.374 e. The smallest absolute Gasteiger partial charge is 0.233 e. The van der Waals surface area contributed by atoms with E-state index in [4.69, 9.17) is 4.74 Å². The Hall–Kier alpha value is -1.01. The van der Waals surface area contributed by atoms with E-state index in [9.17, 15) is 4.79 Å². The van der Waals surface area contributed by atoms with Crippen molar-refractivity contribution in [3.05, 3.63) is 12.4 Å². The van der Waals surface area contributed by atoms with Crippen molar-refractivity contribution in [1.82, 2.24) is 14.5 Å². The first-order valence-corrected chi connectivity index (χ1v) is 9.38. The van der Waals surface area contributed by atoms with Crippen molar-refractivity contribution in [2.75, 3.05) is 18.9 Å². The number of fused-ring (bicyclic) bond motifs is 1. The fraction of sp³-hybridized carbons (Fsp3) is 0.750. The van der Waals surface area contributed by atoms with E-state index < -0.39 is 0 Å². The Labute approximate surface area is 135 Å². The first-order chi connectivity index (χ1) is 10.8. The lowest BCUT2D eigenvalue weighted by atomic mass is 9.90. The summed E-state index contributed by atoms with van der Waals surface area (Å²) in [7, 11) is 0. The Morgan fingerprint density at radius 2 is 2.18 bits per heavy atom. The van der Waals surface area contributed by atoms with Crippen molar-refractivity contribution in [3.63, 3.8) is 0 Å². The zero-order valence-electron chi connectivity index (χ0n) is 12.8. The Kier molecular flexibility index (Phi) is 4.13. The Bertz CT molecular complexity index is 541. The number of thioether (sulfide) groups is 1. The molecule has 1 amide bonds. The van der Waals surface area contributed by atoms with Crippen molar-refractivity contribution in [1.29, 1.82) is 0 Å². The van der Waals surface area contributed by atoms with Gasteiger partial charge in [-0.3, -0.25) is 4.79 Å². The van der Waals surface area contributed by atoms with Gasteiger partial charge in [0, 0.05) is 25.0 Å². The summed E-state index contributed by atoms with van der Waals surface area (Å²) in [5, 5.41) is 0.990. The lowest BCUT2D eigenvalue weighted by Crippen LogP contribution is -2.55. The van der Waals surface area contributed by atoms with Crippen LogP contribution in [0.3, 0.4) is 0 Å². The predicted molar refractivity (Wildman–Crippen MR) is 84.9 cm³/mol. The van der Waals surface area contributed by atoms with Crippen LogP contribution in [0.1, 0.15) is 44.6 Å². The van der Waals surface area contributed by atoms with E-state index in [2.05, 4.69) is 14.5 Å². The molecule has 0 spiro atoms. The van der Waals surface area contributed by atoms with Gasteiger partial charge in [0.25, 0.3) is 0 Å². The Balaban J connectivity index is 1.37. The fourth-order valence-electron chi connectivity index (χ4n) is 3.66. The van der Waals surface area contributed by atoms with E-state index in [-0.39, 0.29) is 12.0 Å². The predicted octanol–water partition coefficient (Wildman–Crippen LogP) is 2.48. The van der Waals surface area contributed by atoms with Crippen molar-refractivity contribution < 1.29 is 9.53 Å². The highest BCUT2D eigenvalue weighted by atomic mass is 32.2. The molecule has 6 heteroatoms. The summed E-state index contributed by atoms with van der Waals surface area (Å²) >= 11 is 1.58. The van der Waals surface area contributed by atoms with E-state index in [1.165, 1.54) is 25.7 Å². The summed E-state index contributed by atoms with van der Waals surface area (Å²) in [5.74, 6) is 0.739. The standard InChI is InChI=1S/C16H23N3O2S/c20-15(11-22-16-17-7-8-18(16)12-5-6-12)19-9-10-21-14-4-2-1-3-13(14)19/h7-8,12-14H,1-6,9-11H2/t13-,14+/m1/s1. The van der Waals surface area contributed by atoms with Crippen LogP contribution in [0.4, 0.5) is 0 Å². The van der Waals surface area contributed by atoms with Crippen LogP contribution in [0.15, 0.2) is 17.6 Å². The summed E-state index contributed by atoms with van der Waals surface area (Å²) in [4.78, 5) is 19.1. The second-order valence-corrected chi connectivity index (χ2v) is 7.43. The molecule has 3 aliphatic rings. The molecule has 0 unspecified atom stereocenters. The molecule has 2 heterocycles. The van der Waals surface area contributed by atoms with Crippen LogP contribution >= 0.6 is 11.8 Å². The summed E-state index contributed by atoms with van der Waals surface area (Å²) < 4.78 is 8.08. The van der Waals surface area contributed by atoms with Crippen LogP contribution in [-0.4, -0.2) is 51.4 Å². The number of hydrogen-bond donors (Lipinski definition) is 0. The number of hydrogen-bond acceptors (Lipinski definition) is 4. The molecule has 0 aromatic carbocycles. The highest BCUT2D eigenvalue weighted by Crippen LogP contribution is 2.37. The van der Waals surface area contributed by atoms with E-state index in [0.29, 0.717) is 24.4 Å². The zero-order chi connectivity index (χ0) is 14.9. The normalized spacial score (nSPS) is 28.5. The molecule has 1 aromatic rings. The molecule has 1 aromatic heterocycles. The van der Waals surface area contributed by atoms with Gasteiger partial charge in [0.1, 0.15) is 0 Å². The third kappa shape index (κ3) is 2.91. The molecule has 0 radical (unpaired) electrons. The van der Waals surface area contributed by atoms with Crippen molar-refractivity contribution in [2.24, 2.45) is 0 Å². The maximum absolute atomic E-state index is 12.7. The number of carbonyl (C=O) groups excluding carboxylic acids is 1. The second-order valence-electron chi connectivity index (χ2n) is 6.49. The molecule has 1 aliphatic heterocycles. The molecule has 2 atom stereocenters. The van der Waals surface area contributed by atoms with E-state index >= 15 is 0 Å². The molecular formula is C16H23N3O2S. The third-order valence-corrected chi connectivity index (χ3v) is 5.92. The van der Waals surface area contributed by atoms with E-state index in [0.717, 1.165) is 24.5 Å². The van der Waals surface area contributed by atoms with Crippen LogP contribution < -0.4 is 0 Å². The maximum Gasteiger partial charge on any atom is 0.233 e. The molecule has 0 N–H and O–H groups in total. The van der Waals surface area contributed by atoms with Crippen LogP contribution in [0.2, 0.25) is 0 Å². The monoisotopic (exact) mass is 321 g/mol. The molecular weight excluding hydrogens is 298 g/mol. The maximum atomic E-state index is 12.7. The molecule has 2 saturated carbocycles. The van der Waals surface area contributed by atoms with Gasteiger partial charge in [-0.25, -0.2) is 4.98 Å². The number of nitrogens with zero attached hydrogens (tertiary/aromatic N) is 3. The van der Waals surface area contributed by atoms with E-state index in [1.54, 1.807) is 11.8 Å². The number of ether oxygens (including phenoxy) is 1. The molecule has 5 nitrogen and oxygen atoms in total. The molecule has 0 bridgehead atoms. The van der Waals surface area contributed by atoms with Gasteiger partial charge in [-0.2, -0.15) is 0 Å². The number of morpholine rings is 1. The minimum atomic E-state index is 0.246. The van der Waals surface area contributed by atoms with Crippen LogP contribution in [-0.2, 0) is 9.53 Å². The number of rotatable bonds is 4. The number of amides is 1. The Morgan fingerprint density at radius 3 is 3.05 bits per heavy atom. The molecule has 1 saturated heterocycles. The lowest BCUT2D eigenvalue weighted by Gasteiger charge is -2.43. The SMILES string of the molecule is O=C(CSc1nccn1C1CC1)N1CCO[C@H]2CCCC[C@H]21. The molecule has 22 heavy (non-hydrogen) atoms. The van der Waals surface area contributed by atoms with Crippen LogP contribution in [0.25, 0.3) is 0 Å². The summed E-state index contributed by atoms with van der Waals surface area (Å²) in [6.45, 7) is 1.44. The molecule has 2 aliphatic carbocycles. The van der Waals surface area contributed by atoms with Gasteiger partial charge in [-0.05, 0) is 25.7 Å². The van der Waals surface area contributed by atoms with Gasteiger partial charge >= 0.3 is 0 Å². The Morgan fingerprint density at radius 1 is 1.32 bits per heavy atom. The van der Waals surface area contributed by atoms with Gasteiger partial charge in [-0.15, -0.1) is 0 Å². The van der Waals surface area contributed by atoms with Crippen molar-refractivity contribution in [2.45, 2.75) is 61.9 Å². The summed E-state index contributed by atoms with van der Waals surface area (Å²) in [5.41, 5.74) is 0. The van der Waals surface area contributed by atoms with Gasteiger partial charge in [0.15, 0.2) is 5.16 Å². The number of carbonyl (C=O) groups is 1. The first kappa shape index (κ1) is 14.6. The topological polar surface area (TPSA) is 47.4 Å². The summed E-state index contributed by atoms with van der Waals surface area (Å²) in [6, 6.07) is 0.921. The van der Waals surface area contributed by atoms with E-state index in [1.807, 2.05) is 12.4 Å². The van der Waals surface area contributed by atoms with Gasteiger partial charge in [-0.1, -0.05) is 24.6 Å². The van der Waals surface area contributed by atoms with Gasteiger partial charge in [0.05, 0.1) is 24.5 Å². The second kappa shape index (κ2) is 6.24. The summed E-state index contributed by atoms with van der Waals surface area (Å²) in [6.07, 6.45) is 11.3. The zero-order valence-corrected chi connectivity index (χ0v) is 13.6. The number of aromatic nitrogens is 2. The average Bonchev–Trinajstić information content (AvgIpc) is 3.30.